The van der Waals surface area contributed by atoms with E-state index in [4.69, 9.17) is 4.74 Å². The minimum atomic E-state index is -0.0903. The summed E-state index contributed by atoms with van der Waals surface area (Å²) >= 11 is 1.49. The Hall–Kier alpha value is -0.940. The van der Waals surface area contributed by atoms with E-state index in [0.717, 1.165) is 18.2 Å². The van der Waals surface area contributed by atoms with Crippen molar-refractivity contribution in [2.45, 2.75) is 13.8 Å². The maximum Gasteiger partial charge on any atom is 0.270 e. The number of nitrogens with one attached hydrogen (secondary N) is 1. The fraction of sp³-hybridized carbons (Fsp3) is 0.600. The minimum absolute atomic E-state index is 0.0903. The van der Waals surface area contributed by atoms with Gasteiger partial charge in [-0.25, -0.2) is 4.98 Å². The van der Waals surface area contributed by atoms with Crippen molar-refractivity contribution >= 4 is 17.2 Å². The maximum absolute atomic E-state index is 11.6. The molecule has 15 heavy (non-hydrogen) atoms. The summed E-state index contributed by atoms with van der Waals surface area (Å²) in [5.41, 5.74) is 0.627. The number of hydrogen-bond acceptors (Lipinski definition) is 4. The van der Waals surface area contributed by atoms with E-state index in [-0.39, 0.29) is 11.3 Å². The van der Waals surface area contributed by atoms with Crippen LogP contribution in [0.3, 0.4) is 0 Å². The number of rotatable bonds is 3. The van der Waals surface area contributed by atoms with Gasteiger partial charge in [0.15, 0.2) is 0 Å². The first-order valence-electron chi connectivity index (χ1n) is 4.87. The number of aryl methyl sites for hydroxylation is 1. The summed E-state index contributed by atoms with van der Waals surface area (Å²) in [6.07, 6.45) is 0. The van der Waals surface area contributed by atoms with Crippen LogP contribution in [-0.2, 0) is 4.74 Å². The van der Waals surface area contributed by atoms with Gasteiger partial charge >= 0.3 is 0 Å². The molecule has 0 atom stereocenters. The minimum Gasteiger partial charge on any atom is -0.380 e. The molecular formula is C10H14N2O2S. The smallest absolute Gasteiger partial charge is 0.270 e. The van der Waals surface area contributed by atoms with Crippen LogP contribution in [0, 0.1) is 12.3 Å². The molecule has 82 valence electrons. The molecule has 1 N–H and O–H groups in total. The lowest BCUT2D eigenvalue weighted by Crippen LogP contribution is -2.48. The number of carbonyl (C=O) groups excluding carboxylic acids is 1. The zero-order chi connectivity index (χ0) is 10.9. The number of nitrogens with zero attached hydrogens (tertiary/aromatic N) is 1. The van der Waals surface area contributed by atoms with Crippen molar-refractivity contribution in [3.8, 4) is 0 Å². The number of aromatic nitrogens is 1. The van der Waals surface area contributed by atoms with E-state index in [1.165, 1.54) is 11.3 Å². The second-order valence-corrected chi connectivity index (χ2v) is 5.30. The largest absolute Gasteiger partial charge is 0.380 e. The van der Waals surface area contributed by atoms with Gasteiger partial charge in [0.2, 0.25) is 0 Å². The Morgan fingerprint density at radius 1 is 1.73 bits per heavy atom. The standard InChI is InChI=1S/C10H14N2O2S/c1-7-12-8(3-15-7)9(13)11-4-10(2)5-14-6-10/h3H,4-6H2,1-2H3,(H,11,13). The average Bonchev–Trinajstić information content (AvgIpc) is 2.58. The molecular weight excluding hydrogens is 212 g/mol. The average molecular weight is 226 g/mol. The van der Waals surface area contributed by atoms with Crippen LogP contribution < -0.4 is 5.32 Å². The lowest BCUT2D eigenvalue weighted by atomic mass is 9.89. The highest BCUT2D eigenvalue weighted by molar-refractivity contribution is 7.09. The Morgan fingerprint density at radius 3 is 2.93 bits per heavy atom. The highest BCUT2D eigenvalue weighted by Crippen LogP contribution is 2.25. The first-order valence-corrected chi connectivity index (χ1v) is 5.75. The van der Waals surface area contributed by atoms with Gasteiger partial charge in [0.05, 0.1) is 18.2 Å². The number of carbonyl (C=O) groups is 1. The molecule has 1 aromatic rings. The van der Waals surface area contributed by atoms with Crippen molar-refractivity contribution in [2.24, 2.45) is 5.41 Å². The van der Waals surface area contributed by atoms with Crippen molar-refractivity contribution < 1.29 is 9.53 Å². The van der Waals surface area contributed by atoms with E-state index in [1.807, 2.05) is 6.92 Å². The highest BCUT2D eigenvalue weighted by atomic mass is 32.1. The van der Waals surface area contributed by atoms with Crippen LogP contribution in [0.4, 0.5) is 0 Å². The van der Waals surface area contributed by atoms with Crippen molar-refractivity contribution in [1.82, 2.24) is 10.3 Å². The molecule has 0 saturated carbocycles. The van der Waals surface area contributed by atoms with E-state index in [0.29, 0.717) is 12.2 Å². The third-order valence-electron chi connectivity index (χ3n) is 2.43. The van der Waals surface area contributed by atoms with Crippen molar-refractivity contribution in [3.05, 3.63) is 16.1 Å². The van der Waals surface area contributed by atoms with Crippen LogP contribution >= 0.6 is 11.3 Å². The number of hydrogen-bond donors (Lipinski definition) is 1. The van der Waals surface area contributed by atoms with E-state index in [2.05, 4.69) is 17.2 Å². The Bertz CT molecular complexity index is 371. The molecule has 0 aromatic carbocycles. The molecule has 2 heterocycles. The van der Waals surface area contributed by atoms with Crippen LogP contribution in [0.5, 0.6) is 0 Å². The molecule has 0 radical (unpaired) electrons. The van der Waals surface area contributed by atoms with Gasteiger partial charge in [-0.15, -0.1) is 11.3 Å². The van der Waals surface area contributed by atoms with Crippen LogP contribution in [0.15, 0.2) is 5.38 Å². The molecule has 1 saturated heterocycles. The first-order chi connectivity index (χ1) is 7.09. The van der Waals surface area contributed by atoms with Gasteiger partial charge < -0.3 is 10.1 Å². The lowest BCUT2D eigenvalue weighted by molar-refractivity contribution is -0.0978. The Kier molecular flexibility index (Phi) is 2.75. The maximum atomic E-state index is 11.6. The second kappa shape index (κ2) is 3.90. The van der Waals surface area contributed by atoms with Crippen LogP contribution in [0.1, 0.15) is 22.4 Å². The first kappa shape index (κ1) is 10.6. The lowest BCUT2D eigenvalue weighted by Gasteiger charge is -2.37. The van der Waals surface area contributed by atoms with Gasteiger partial charge in [-0.1, -0.05) is 6.92 Å². The van der Waals surface area contributed by atoms with Crippen molar-refractivity contribution in [2.75, 3.05) is 19.8 Å². The third-order valence-corrected chi connectivity index (χ3v) is 3.20. The van der Waals surface area contributed by atoms with Gasteiger partial charge in [0.1, 0.15) is 5.69 Å². The number of amides is 1. The number of thiazole rings is 1. The summed E-state index contributed by atoms with van der Waals surface area (Å²) in [5.74, 6) is -0.0903. The Morgan fingerprint density at radius 2 is 2.47 bits per heavy atom. The normalized spacial score (nSPS) is 18.3. The van der Waals surface area contributed by atoms with Gasteiger partial charge in [-0.2, -0.15) is 0 Å². The van der Waals surface area contributed by atoms with Crippen LogP contribution in [0.2, 0.25) is 0 Å². The second-order valence-electron chi connectivity index (χ2n) is 4.24. The summed E-state index contributed by atoms with van der Waals surface area (Å²) in [7, 11) is 0. The molecule has 1 aliphatic heterocycles. The van der Waals surface area contributed by atoms with Crippen molar-refractivity contribution in [3.63, 3.8) is 0 Å². The molecule has 0 unspecified atom stereocenters. The molecule has 0 aliphatic carbocycles. The van der Waals surface area contributed by atoms with E-state index in [1.54, 1.807) is 5.38 Å². The van der Waals surface area contributed by atoms with E-state index >= 15 is 0 Å². The quantitative estimate of drug-likeness (QED) is 0.843. The molecule has 0 spiro atoms. The van der Waals surface area contributed by atoms with Gasteiger partial charge in [0.25, 0.3) is 5.91 Å². The number of ether oxygens (including phenoxy) is 1. The molecule has 1 aromatic heterocycles. The fourth-order valence-corrected chi connectivity index (χ4v) is 2.00. The van der Waals surface area contributed by atoms with Gasteiger partial charge in [0, 0.05) is 17.3 Å². The highest BCUT2D eigenvalue weighted by Gasteiger charge is 2.33. The molecule has 1 fully saturated rings. The molecule has 4 nitrogen and oxygen atoms in total. The topological polar surface area (TPSA) is 51.2 Å². The van der Waals surface area contributed by atoms with Crippen LogP contribution in [0.25, 0.3) is 0 Å². The van der Waals surface area contributed by atoms with E-state index in [9.17, 15) is 4.79 Å². The van der Waals surface area contributed by atoms with Gasteiger partial charge in [-0.05, 0) is 6.92 Å². The molecule has 2 rings (SSSR count). The van der Waals surface area contributed by atoms with Gasteiger partial charge in [-0.3, -0.25) is 4.79 Å². The zero-order valence-electron chi connectivity index (χ0n) is 8.87. The van der Waals surface area contributed by atoms with E-state index < -0.39 is 0 Å². The monoisotopic (exact) mass is 226 g/mol. The summed E-state index contributed by atoms with van der Waals surface area (Å²) in [6.45, 7) is 6.10. The third kappa shape index (κ3) is 2.35. The summed E-state index contributed by atoms with van der Waals surface area (Å²) in [6, 6.07) is 0. The summed E-state index contributed by atoms with van der Waals surface area (Å²) in [5, 5.41) is 5.58. The van der Waals surface area contributed by atoms with Crippen molar-refractivity contribution in [1.29, 1.82) is 0 Å². The molecule has 5 heteroatoms. The molecule has 1 aliphatic rings. The fourth-order valence-electron chi connectivity index (χ4n) is 1.40. The summed E-state index contributed by atoms with van der Waals surface area (Å²) < 4.78 is 5.12. The molecule has 1 amide bonds. The van der Waals surface area contributed by atoms with Crippen LogP contribution in [-0.4, -0.2) is 30.6 Å². The predicted octanol–water partition coefficient (Wildman–Crippen LogP) is 1.22. The summed E-state index contributed by atoms with van der Waals surface area (Å²) in [4.78, 5) is 15.8. The SMILES string of the molecule is Cc1nc(C(=O)NCC2(C)COC2)cs1. The predicted molar refractivity (Wildman–Crippen MR) is 58.1 cm³/mol. The Balaban J connectivity index is 1.87. The zero-order valence-corrected chi connectivity index (χ0v) is 9.69. The Labute approximate surface area is 92.7 Å². The molecule has 0 bridgehead atoms.